The summed E-state index contributed by atoms with van der Waals surface area (Å²) in [6.45, 7) is 2.73. The molecule has 0 aromatic heterocycles. The Hall–Kier alpha value is -1.85. The second-order valence-corrected chi connectivity index (χ2v) is 6.11. The fourth-order valence-corrected chi connectivity index (χ4v) is 3.23. The maximum Gasteiger partial charge on any atom is 0.390 e. The molecule has 0 aliphatic carbocycles. The Kier molecular flexibility index (Phi) is 5.21. The average molecular weight is 334 g/mol. The topological polar surface area (TPSA) is 15.3 Å². The van der Waals surface area contributed by atoms with Crippen molar-refractivity contribution in [2.24, 2.45) is 0 Å². The molecule has 2 nitrogen and oxygen atoms in total. The molecule has 1 N–H and O–H groups in total. The Labute approximate surface area is 140 Å². The second kappa shape index (κ2) is 7.36. The Bertz CT molecular complexity index is 649. The number of nitrogens with zero attached hydrogens (tertiary/aromatic N) is 1. The van der Waals surface area contributed by atoms with Crippen molar-refractivity contribution in [3.63, 3.8) is 0 Å². The number of halogens is 3. The molecule has 1 aliphatic heterocycles. The largest absolute Gasteiger partial charge is 0.390 e. The minimum atomic E-state index is -4.18. The van der Waals surface area contributed by atoms with E-state index in [9.17, 15) is 13.2 Å². The van der Waals surface area contributed by atoms with Gasteiger partial charge in [-0.05, 0) is 22.8 Å². The van der Waals surface area contributed by atoms with E-state index >= 15 is 0 Å². The lowest BCUT2D eigenvalue weighted by Gasteiger charge is -2.35. The molecule has 0 bridgehead atoms. The van der Waals surface area contributed by atoms with Gasteiger partial charge in [-0.25, -0.2) is 0 Å². The molecule has 0 amide bonds. The number of rotatable bonds is 4. The van der Waals surface area contributed by atoms with Crippen LogP contribution in [0.4, 0.5) is 13.2 Å². The van der Waals surface area contributed by atoms with Crippen LogP contribution in [-0.4, -0.2) is 37.3 Å². The first-order valence-corrected chi connectivity index (χ1v) is 8.20. The van der Waals surface area contributed by atoms with Gasteiger partial charge in [0.2, 0.25) is 0 Å². The van der Waals surface area contributed by atoms with Gasteiger partial charge in [0, 0.05) is 32.2 Å². The molecule has 3 rings (SSSR count). The van der Waals surface area contributed by atoms with Gasteiger partial charge in [-0.3, -0.25) is 4.90 Å². The van der Waals surface area contributed by atoms with E-state index in [1.54, 1.807) is 0 Å². The molecular formula is C19H21F3N2. The summed E-state index contributed by atoms with van der Waals surface area (Å²) >= 11 is 0. The van der Waals surface area contributed by atoms with Crippen molar-refractivity contribution in [1.82, 2.24) is 10.2 Å². The van der Waals surface area contributed by atoms with Crippen LogP contribution in [0.2, 0.25) is 0 Å². The van der Waals surface area contributed by atoms with Crippen molar-refractivity contribution in [2.75, 3.05) is 26.2 Å². The number of hydrogen-bond acceptors (Lipinski definition) is 2. The van der Waals surface area contributed by atoms with E-state index in [0.29, 0.717) is 13.1 Å². The maximum absolute atomic E-state index is 13.1. The molecule has 24 heavy (non-hydrogen) atoms. The third-order valence-electron chi connectivity index (χ3n) is 4.40. The molecule has 1 aliphatic rings. The van der Waals surface area contributed by atoms with Gasteiger partial charge < -0.3 is 5.32 Å². The minimum absolute atomic E-state index is 0.629. The number of piperazine rings is 1. The van der Waals surface area contributed by atoms with Crippen molar-refractivity contribution < 1.29 is 13.2 Å². The molecule has 1 fully saturated rings. The number of nitrogens with one attached hydrogen (secondary N) is 1. The number of benzene rings is 2. The summed E-state index contributed by atoms with van der Waals surface area (Å²) in [7, 11) is 0. The zero-order chi connectivity index (χ0) is 17.0. The average Bonchev–Trinajstić information content (AvgIpc) is 2.61. The van der Waals surface area contributed by atoms with E-state index in [1.165, 1.54) is 0 Å². The van der Waals surface area contributed by atoms with Crippen molar-refractivity contribution in [2.45, 2.75) is 18.6 Å². The van der Waals surface area contributed by atoms with E-state index in [1.807, 2.05) is 59.5 Å². The minimum Gasteiger partial charge on any atom is -0.314 e. The van der Waals surface area contributed by atoms with Crippen LogP contribution >= 0.6 is 0 Å². The van der Waals surface area contributed by atoms with Gasteiger partial charge >= 0.3 is 6.18 Å². The van der Waals surface area contributed by atoms with E-state index in [2.05, 4.69) is 5.32 Å². The predicted octanol–water partition coefficient (Wildman–Crippen LogP) is 4.25. The van der Waals surface area contributed by atoms with Gasteiger partial charge in [0.1, 0.15) is 0 Å². The van der Waals surface area contributed by atoms with Gasteiger partial charge in [0.05, 0.1) is 6.42 Å². The first-order valence-electron chi connectivity index (χ1n) is 8.20. The monoisotopic (exact) mass is 334 g/mol. The quantitative estimate of drug-likeness (QED) is 0.899. The van der Waals surface area contributed by atoms with E-state index in [4.69, 9.17) is 0 Å². The normalized spacial score (nSPS) is 17.6. The third kappa shape index (κ3) is 4.36. The van der Waals surface area contributed by atoms with Crippen molar-refractivity contribution in [3.05, 3.63) is 60.2 Å². The first kappa shape index (κ1) is 17.0. The van der Waals surface area contributed by atoms with Crippen molar-refractivity contribution in [1.29, 1.82) is 0 Å². The third-order valence-corrected chi connectivity index (χ3v) is 4.40. The molecule has 0 spiro atoms. The molecule has 0 radical (unpaired) electrons. The lowest BCUT2D eigenvalue weighted by Crippen LogP contribution is -2.46. The summed E-state index contributed by atoms with van der Waals surface area (Å²) in [6.07, 6.45) is -5.00. The van der Waals surface area contributed by atoms with Crippen LogP contribution in [0.15, 0.2) is 54.6 Å². The fourth-order valence-electron chi connectivity index (χ4n) is 3.23. The van der Waals surface area contributed by atoms with Gasteiger partial charge in [-0.1, -0.05) is 48.5 Å². The molecule has 2 aromatic carbocycles. The second-order valence-electron chi connectivity index (χ2n) is 6.11. The Morgan fingerprint density at radius 3 is 2.25 bits per heavy atom. The van der Waals surface area contributed by atoms with Crippen LogP contribution in [0.5, 0.6) is 0 Å². The van der Waals surface area contributed by atoms with E-state index in [0.717, 1.165) is 29.8 Å². The molecule has 0 unspecified atom stereocenters. The van der Waals surface area contributed by atoms with Crippen LogP contribution in [0, 0.1) is 0 Å². The molecular weight excluding hydrogens is 313 g/mol. The molecule has 128 valence electrons. The number of hydrogen-bond donors (Lipinski definition) is 1. The van der Waals surface area contributed by atoms with Crippen molar-refractivity contribution in [3.8, 4) is 11.1 Å². The number of alkyl halides is 3. The smallest absolute Gasteiger partial charge is 0.314 e. The zero-order valence-electron chi connectivity index (χ0n) is 13.4. The zero-order valence-corrected chi connectivity index (χ0v) is 13.4. The van der Waals surface area contributed by atoms with Gasteiger partial charge in [0.15, 0.2) is 0 Å². The van der Waals surface area contributed by atoms with Crippen LogP contribution in [-0.2, 0) is 0 Å². The molecule has 1 heterocycles. The fraction of sp³-hybridized carbons (Fsp3) is 0.368. The Morgan fingerprint density at radius 2 is 1.58 bits per heavy atom. The lowest BCUT2D eigenvalue weighted by molar-refractivity contribution is -0.148. The Morgan fingerprint density at radius 1 is 0.917 bits per heavy atom. The van der Waals surface area contributed by atoms with Crippen molar-refractivity contribution >= 4 is 0 Å². The van der Waals surface area contributed by atoms with Crippen LogP contribution in [0.1, 0.15) is 18.0 Å². The summed E-state index contributed by atoms with van der Waals surface area (Å²) in [5, 5.41) is 3.20. The van der Waals surface area contributed by atoms with E-state index < -0.39 is 18.6 Å². The highest BCUT2D eigenvalue weighted by molar-refractivity contribution is 5.64. The van der Waals surface area contributed by atoms with Gasteiger partial charge in [-0.15, -0.1) is 0 Å². The van der Waals surface area contributed by atoms with E-state index in [-0.39, 0.29) is 0 Å². The molecule has 5 heteroatoms. The van der Waals surface area contributed by atoms with Crippen LogP contribution in [0.25, 0.3) is 11.1 Å². The highest BCUT2D eigenvalue weighted by atomic mass is 19.4. The summed E-state index contributed by atoms with van der Waals surface area (Å²) in [5.74, 6) is 0. The summed E-state index contributed by atoms with van der Waals surface area (Å²) in [4.78, 5) is 1.94. The summed E-state index contributed by atoms with van der Waals surface area (Å²) in [5.41, 5.74) is 2.71. The molecule has 1 saturated heterocycles. The highest BCUT2D eigenvalue weighted by Gasteiger charge is 2.36. The maximum atomic E-state index is 13.1. The predicted molar refractivity (Wildman–Crippen MR) is 89.7 cm³/mol. The summed E-state index contributed by atoms with van der Waals surface area (Å²) < 4.78 is 39.4. The van der Waals surface area contributed by atoms with Crippen LogP contribution < -0.4 is 5.32 Å². The molecule has 0 saturated carbocycles. The standard InChI is InChI=1S/C19H21F3N2/c20-19(21,22)14-18(24-11-9-23-10-12-24)17-8-4-7-16(13-17)15-5-2-1-3-6-15/h1-8,13,18,23H,9-12,14H2/t18-/m1/s1. The SMILES string of the molecule is FC(F)(F)C[C@H](c1cccc(-c2ccccc2)c1)N1CCNCC1. The Balaban J connectivity index is 1.92. The van der Waals surface area contributed by atoms with Crippen LogP contribution in [0.3, 0.4) is 0 Å². The van der Waals surface area contributed by atoms with Gasteiger partial charge in [-0.2, -0.15) is 13.2 Å². The van der Waals surface area contributed by atoms with Gasteiger partial charge in [0.25, 0.3) is 0 Å². The highest BCUT2D eigenvalue weighted by Crippen LogP contribution is 2.35. The molecule has 1 atom stereocenters. The first-order chi connectivity index (χ1) is 11.5. The summed E-state index contributed by atoms with van der Waals surface area (Å²) in [6, 6.07) is 16.6. The molecule has 2 aromatic rings. The lowest BCUT2D eigenvalue weighted by atomic mass is 9.96.